The molecule has 1 N–H and O–H groups in total. The predicted octanol–water partition coefficient (Wildman–Crippen LogP) is 2.95. The first-order valence-electron chi connectivity index (χ1n) is 6.81. The number of hydrogen-bond acceptors (Lipinski definition) is 2. The van der Waals surface area contributed by atoms with Crippen LogP contribution in [0.5, 0.6) is 0 Å². The molecule has 1 aliphatic rings. The van der Waals surface area contributed by atoms with Crippen molar-refractivity contribution in [1.29, 1.82) is 0 Å². The third-order valence-electron chi connectivity index (χ3n) is 3.72. The fourth-order valence-electron chi connectivity index (χ4n) is 2.46. The van der Waals surface area contributed by atoms with Crippen molar-refractivity contribution in [2.75, 3.05) is 13.1 Å². The molecule has 3 rings (SSSR count). The second-order valence-electron chi connectivity index (χ2n) is 5.22. The van der Waals surface area contributed by atoms with Gasteiger partial charge in [-0.05, 0) is 17.7 Å². The van der Waals surface area contributed by atoms with Crippen molar-refractivity contribution in [3.8, 4) is 11.1 Å². The molecule has 1 aliphatic heterocycles. The van der Waals surface area contributed by atoms with Gasteiger partial charge in [0, 0.05) is 43.3 Å². The number of hydrogen-bond donors (Lipinski definition) is 1. The summed E-state index contributed by atoms with van der Waals surface area (Å²) in [7, 11) is 0. The first-order chi connectivity index (χ1) is 10.1. The molecule has 1 saturated heterocycles. The third kappa shape index (κ3) is 2.94. The molecule has 0 aliphatic carbocycles. The lowest BCUT2D eigenvalue weighted by Gasteiger charge is -2.31. The Morgan fingerprint density at radius 1 is 1.24 bits per heavy atom. The van der Waals surface area contributed by atoms with Crippen LogP contribution in [0.2, 0.25) is 0 Å². The summed E-state index contributed by atoms with van der Waals surface area (Å²) in [6.07, 6.45) is 2.89. The van der Waals surface area contributed by atoms with E-state index in [0.717, 1.165) is 11.1 Å². The van der Waals surface area contributed by atoms with Crippen LogP contribution in [0.25, 0.3) is 11.1 Å². The normalized spacial score (nSPS) is 17.7. The third-order valence-corrected chi connectivity index (χ3v) is 3.72. The lowest BCUT2D eigenvalue weighted by molar-refractivity contribution is -0.0494. The smallest absolute Gasteiger partial charge is 0.253 e. The first-order valence-corrected chi connectivity index (χ1v) is 6.81. The molecule has 21 heavy (non-hydrogen) atoms. The molecule has 2 aromatic rings. The molecule has 0 saturated carbocycles. The number of carbonyl (C=O) groups excluding carboxylic acids is 1. The fraction of sp³-hybridized carbons (Fsp3) is 0.333. The average Bonchev–Trinajstić information content (AvgIpc) is 3.01. The molecule has 4 nitrogen and oxygen atoms in total. The Balaban J connectivity index is 1.78. The molecule has 1 amide bonds. The maximum atomic E-state index is 13.1. The number of piperidine rings is 1. The van der Waals surface area contributed by atoms with Crippen LogP contribution in [-0.2, 0) is 0 Å². The Bertz CT molecular complexity index is 630. The number of benzene rings is 1. The van der Waals surface area contributed by atoms with Crippen LogP contribution in [0.1, 0.15) is 23.2 Å². The molecule has 0 bridgehead atoms. The van der Waals surface area contributed by atoms with Gasteiger partial charge < -0.3 is 4.90 Å². The van der Waals surface area contributed by atoms with Crippen LogP contribution >= 0.6 is 0 Å². The largest absolute Gasteiger partial charge is 0.338 e. The van der Waals surface area contributed by atoms with Gasteiger partial charge in [-0.1, -0.05) is 12.1 Å². The van der Waals surface area contributed by atoms with Gasteiger partial charge in [-0.15, -0.1) is 0 Å². The summed E-state index contributed by atoms with van der Waals surface area (Å²) in [4.78, 5) is 13.9. The number of aromatic amines is 1. The number of nitrogens with one attached hydrogen (secondary N) is 1. The fourth-order valence-corrected chi connectivity index (χ4v) is 2.46. The van der Waals surface area contributed by atoms with Crippen LogP contribution < -0.4 is 0 Å². The van der Waals surface area contributed by atoms with Gasteiger partial charge in [-0.3, -0.25) is 9.89 Å². The monoisotopic (exact) mass is 291 g/mol. The molecular weight excluding hydrogens is 276 g/mol. The van der Waals surface area contributed by atoms with E-state index in [4.69, 9.17) is 0 Å². The molecule has 0 unspecified atom stereocenters. The molecular formula is C15H15F2N3O. The summed E-state index contributed by atoms with van der Waals surface area (Å²) in [6.45, 7) is 0.198. The van der Waals surface area contributed by atoms with Gasteiger partial charge in [0.1, 0.15) is 0 Å². The van der Waals surface area contributed by atoms with Crippen molar-refractivity contribution in [2.24, 2.45) is 0 Å². The van der Waals surface area contributed by atoms with Crippen molar-refractivity contribution in [3.63, 3.8) is 0 Å². The van der Waals surface area contributed by atoms with Gasteiger partial charge in [-0.25, -0.2) is 8.78 Å². The maximum absolute atomic E-state index is 13.1. The second kappa shape index (κ2) is 5.27. The zero-order chi connectivity index (χ0) is 14.9. The molecule has 1 aromatic carbocycles. The van der Waals surface area contributed by atoms with Crippen molar-refractivity contribution < 1.29 is 13.6 Å². The number of aromatic nitrogens is 2. The molecule has 1 fully saturated rings. The summed E-state index contributed by atoms with van der Waals surface area (Å²) < 4.78 is 26.3. The van der Waals surface area contributed by atoms with Crippen LogP contribution in [0, 0.1) is 0 Å². The minimum absolute atomic E-state index is 0.0990. The number of likely N-dealkylation sites (tertiary alicyclic amines) is 1. The highest BCUT2D eigenvalue weighted by Crippen LogP contribution is 2.28. The van der Waals surface area contributed by atoms with E-state index in [9.17, 15) is 13.6 Å². The molecule has 2 heterocycles. The molecule has 1 aromatic heterocycles. The number of alkyl halides is 2. The van der Waals surface area contributed by atoms with Gasteiger partial charge in [0.05, 0.1) is 6.20 Å². The Hall–Kier alpha value is -2.24. The van der Waals surface area contributed by atoms with E-state index >= 15 is 0 Å². The highest BCUT2D eigenvalue weighted by molar-refractivity contribution is 5.95. The van der Waals surface area contributed by atoms with E-state index in [-0.39, 0.29) is 31.8 Å². The van der Waals surface area contributed by atoms with E-state index in [1.807, 2.05) is 6.07 Å². The Kier molecular flexibility index (Phi) is 3.45. The van der Waals surface area contributed by atoms with E-state index < -0.39 is 5.92 Å². The lowest BCUT2D eigenvalue weighted by atomic mass is 10.0. The van der Waals surface area contributed by atoms with E-state index in [2.05, 4.69) is 10.2 Å². The standard InChI is InChI=1S/C15H15F2N3O/c16-15(17)4-6-20(7-5-15)14(21)12-3-1-2-11(8-12)13-9-18-19-10-13/h1-3,8-10H,4-7H2,(H,18,19). The van der Waals surface area contributed by atoms with Crippen LogP contribution in [0.4, 0.5) is 8.78 Å². The zero-order valence-electron chi connectivity index (χ0n) is 11.4. The Morgan fingerprint density at radius 3 is 2.67 bits per heavy atom. The summed E-state index contributed by atoms with van der Waals surface area (Å²) in [5, 5.41) is 6.60. The first kappa shape index (κ1) is 13.7. The number of carbonyl (C=O) groups is 1. The lowest BCUT2D eigenvalue weighted by Crippen LogP contribution is -2.42. The number of rotatable bonds is 2. The van der Waals surface area contributed by atoms with Crippen LogP contribution in [0.3, 0.4) is 0 Å². The minimum Gasteiger partial charge on any atom is -0.338 e. The van der Waals surface area contributed by atoms with E-state index in [1.54, 1.807) is 30.6 Å². The zero-order valence-corrected chi connectivity index (χ0v) is 11.4. The van der Waals surface area contributed by atoms with Crippen molar-refractivity contribution in [3.05, 3.63) is 42.2 Å². The van der Waals surface area contributed by atoms with Crippen LogP contribution in [0.15, 0.2) is 36.7 Å². The molecule has 0 radical (unpaired) electrons. The Labute approximate surface area is 120 Å². The minimum atomic E-state index is -2.64. The summed E-state index contributed by atoms with van der Waals surface area (Å²) in [6, 6.07) is 7.14. The molecule has 0 spiro atoms. The summed E-state index contributed by atoms with van der Waals surface area (Å²) in [5.74, 6) is -2.84. The highest BCUT2D eigenvalue weighted by Gasteiger charge is 2.35. The van der Waals surface area contributed by atoms with Gasteiger partial charge in [0.15, 0.2) is 0 Å². The van der Waals surface area contributed by atoms with Crippen molar-refractivity contribution in [1.82, 2.24) is 15.1 Å². The SMILES string of the molecule is O=C(c1cccc(-c2cn[nH]c2)c1)N1CCC(F)(F)CC1. The predicted molar refractivity (Wildman–Crippen MR) is 74.1 cm³/mol. The van der Waals surface area contributed by atoms with E-state index in [0.29, 0.717) is 5.56 Å². The van der Waals surface area contributed by atoms with Crippen molar-refractivity contribution >= 4 is 5.91 Å². The van der Waals surface area contributed by atoms with Gasteiger partial charge >= 0.3 is 0 Å². The van der Waals surface area contributed by atoms with Crippen molar-refractivity contribution in [2.45, 2.75) is 18.8 Å². The van der Waals surface area contributed by atoms with E-state index in [1.165, 1.54) is 4.90 Å². The van der Waals surface area contributed by atoms with Gasteiger partial charge in [0.2, 0.25) is 0 Å². The molecule has 6 heteroatoms. The van der Waals surface area contributed by atoms with Gasteiger partial charge in [0.25, 0.3) is 11.8 Å². The summed E-state index contributed by atoms with van der Waals surface area (Å²) in [5.41, 5.74) is 2.27. The molecule has 0 atom stereocenters. The average molecular weight is 291 g/mol. The number of nitrogens with zero attached hydrogens (tertiary/aromatic N) is 2. The molecule has 110 valence electrons. The quantitative estimate of drug-likeness (QED) is 0.924. The highest BCUT2D eigenvalue weighted by atomic mass is 19.3. The van der Waals surface area contributed by atoms with Crippen LogP contribution in [-0.4, -0.2) is 40.0 Å². The van der Waals surface area contributed by atoms with Gasteiger partial charge in [-0.2, -0.15) is 5.10 Å². The number of H-pyrrole nitrogens is 1. The number of amides is 1. The second-order valence-corrected chi connectivity index (χ2v) is 5.22. The number of halogens is 2. The topological polar surface area (TPSA) is 49.0 Å². The Morgan fingerprint density at radius 2 is 2.00 bits per heavy atom. The summed E-state index contributed by atoms with van der Waals surface area (Å²) >= 11 is 0. The maximum Gasteiger partial charge on any atom is 0.253 e.